The third-order valence-electron chi connectivity index (χ3n) is 4.86. The third kappa shape index (κ3) is 4.21. The average molecular weight is 409 g/mol. The molecule has 1 atom stereocenters. The first-order valence-corrected chi connectivity index (χ1v) is 9.77. The molecule has 152 valence electrons. The minimum atomic E-state index is -0.738. The Labute approximate surface area is 179 Å². The summed E-state index contributed by atoms with van der Waals surface area (Å²) >= 11 is 0. The fraction of sp³-hybridized carbons (Fsp3) is 0.120. The molecule has 31 heavy (non-hydrogen) atoms. The van der Waals surface area contributed by atoms with Crippen molar-refractivity contribution in [2.75, 3.05) is 0 Å². The highest BCUT2D eigenvalue weighted by atomic mass is 16.6. The molecule has 1 aromatic heterocycles. The van der Waals surface area contributed by atoms with Crippen LogP contribution in [0.2, 0.25) is 0 Å². The van der Waals surface area contributed by atoms with E-state index in [4.69, 9.17) is 9.15 Å². The van der Waals surface area contributed by atoms with Crippen molar-refractivity contribution in [3.8, 4) is 28.7 Å². The molecule has 4 rings (SSSR count). The van der Waals surface area contributed by atoms with E-state index in [0.717, 1.165) is 11.1 Å². The van der Waals surface area contributed by atoms with E-state index in [-0.39, 0.29) is 5.89 Å². The molecule has 0 aliphatic carbocycles. The Kier molecular flexibility index (Phi) is 5.59. The maximum absolute atomic E-state index is 12.9. The van der Waals surface area contributed by atoms with Gasteiger partial charge < -0.3 is 9.15 Å². The Hall–Kier alpha value is -4.24. The smallest absolute Gasteiger partial charge is 0.339 e. The highest BCUT2D eigenvalue weighted by Gasteiger charge is 2.22. The number of hydrogen-bond donors (Lipinski definition) is 0. The van der Waals surface area contributed by atoms with Gasteiger partial charge in [0.1, 0.15) is 0 Å². The van der Waals surface area contributed by atoms with Crippen LogP contribution in [0.4, 0.5) is 0 Å². The summed E-state index contributed by atoms with van der Waals surface area (Å²) in [5.41, 5.74) is 4.06. The van der Waals surface area contributed by atoms with Crippen molar-refractivity contribution < 1.29 is 13.9 Å². The number of ether oxygens (including phenoxy) is 1. The summed E-state index contributed by atoms with van der Waals surface area (Å²) < 4.78 is 11.3. The highest BCUT2D eigenvalue weighted by Crippen LogP contribution is 2.29. The molecule has 0 N–H and O–H groups in total. The van der Waals surface area contributed by atoms with Crippen molar-refractivity contribution in [2.24, 2.45) is 0 Å². The SMILES string of the molecule is Cc1ccc(-c2nnc([C@H](C)OC(=O)c3ccccc3-c3ccccc3C#N)o2)cc1. The van der Waals surface area contributed by atoms with Crippen molar-refractivity contribution >= 4 is 5.97 Å². The van der Waals surface area contributed by atoms with Crippen LogP contribution in [0.25, 0.3) is 22.6 Å². The summed E-state index contributed by atoms with van der Waals surface area (Å²) in [6.07, 6.45) is -0.738. The van der Waals surface area contributed by atoms with E-state index in [1.54, 1.807) is 43.3 Å². The van der Waals surface area contributed by atoms with Crippen LogP contribution in [0.15, 0.2) is 77.2 Å². The molecule has 0 spiro atoms. The van der Waals surface area contributed by atoms with Gasteiger partial charge in [-0.3, -0.25) is 0 Å². The van der Waals surface area contributed by atoms with Crippen LogP contribution in [-0.2, 0) is 4.74 Å². The fourth-order valence-electron chi connectivity index (χ4n) is 3.20. The molecule has 0 saturated heterocycles. The molecule has 0 amide bonds. The summed E-state index contributed by atoms with van der Waals surface area (Å²) in [5.74, 6) is 0.0333. The molecule has 6 nitrogen and oxygen atoms in total. The van der Waals surface area contributed by atoms with Crippen molar-refractivity contribution in [2.45, 2.75) is 20.0 Å². The molecule has 0 radical (unpaired) electrons. The lowest BCUT2D eigenvalue weighted by Crippen LogP contribution is -2.11. The van der Waals surface area contributed by atoms with Crippen LogP contribution in [-0.4, -0.2) is 16.2 Å². The van der Waals surface area contributed by atoms with Gasteiger partial charge in [0.15, 0.2) is 6.10 Å². The normalized spacial score (nSPS) is 11.5. The van der Waals surface area contributed by atoms with Crippen LogP contribution in [0, 0.1) is 18.3 Å². The van der Waals surface area contributed by atoms with Gasteiger partial charge in [-0.1, -0.05) is 54.1 Å². The third-order valence-corrected chi connectivity index (χ3v) is 4.86. The molecular weight excluding hydrogens is 390 g/mol. The van der Waals surface area contributed by atoms with E-state index in [9.17, 15) is 10.1 Å². The maximum atomic E-state index is 12.9. The number of aromatic nitrogens is 2. The quantitative estimate of drug-likeness (QED) is 0.404. The largest absolute Gasteiger partial charge is 0.449 e. The second kappa shape index (κ2) is 8.64. The van der Waals surface area contributed by atoms with Crippen LogP contribution >= 0.6 is 0 Å². The number of nitrogens with zero attached hydrogens (tertiary/aromatic N) is 3. The number of nitriles is 1. The summed E-state index contributed by atoms with van der Waals surface area (Å²) in [6.45, 7) is 3.67. The van der Waals surface area contributed by atoms with Gasteiger partial charge in [0, 0.05) is 11.1 Å². The Balaban J connectivity index is 1.57. The molecule has 3 aromatic carbocycles. The molecule has 0 unspecified atom stereocenters. The van der Waals surface area contributed by atoms with Gasteiger partial charge in [-0.05, 0) is 43.7 Å². The fourth-order valence-corrected chi connectivity index (χ4v) is 3.20. The summed E-state index contributed by atoms with van der Waals surface area (Å²) in [4.78, 5) is 12.9. The van der Waals surface area contributed by atoms with E-state index in [0.29, 0.717) is 28.1 Å². The molecule has 4 aromatic rings. The van der Waals surface area contributed by atoms with E-state index in [1.807, 2.05) is 43.3 Å². The van der Waals surface area contributed by atoms with Gasteiger partial charge in [0.05, 0.1) is 17.2 Å². The van der Waals surface area contributed by atoms with E-state index in [2.05, 4.69) is 16.3 Å². The van der Waals surface area contributed by atoms with Crippen LogP contribution in [0.1, 0.15) is 40.4 Å². The monoisotopic (exact) mass is 409 g/mol. The first kappa shape index (κ1) is 20.0. The molecular formula is C25H19N3O3. The number of rotatable bonds is 5. The number of carbonyl (C=O) groups excluding carboxylic acids is 1. The standard InChI is InChI=1S/C25H19N3O3/c1-16-11-13-18(14-12-16)24-28-27-23(31-24)17(2)30-25(29)22-10-6-5-9-21(22)20-8-4-3-7-19(20)15-26/h3-14,17H,1-2H3/t17-/m0/s1. The second-order valence-corrected chi connectivity index (χ2v) is 7.06. The molecule has 1 heterocycles. The number of benzene rings is 3. The molecule has 0 saturated carbocycles. The second-order valence-electron chi connectivity index (χ2n) is 7.06. The first-order chi connectivity index (χ1) is 15.1. The topological polar surface area (TPSA) is 89.0 Å². The Morgan fingerprint density at radius 2 is 1.65 bits per heavy atom. The van der Waals surface area contributed by atoms with E-state index >= 15 is 0 Å². The summed E-state index contributed by atoms with van der Waals surface area (Å²) in [6, 6.07) is 24.0. The summed E-state index contributed by atoms with van der Waals surface area (Å²) in [7, 11) is 0. The molecule has 6 heteroatoms. The Bertz CT molecular complexity index is 1270. The number of aryl methyl sites for hydroxylation is 1. The van der Waals surface area contributed by atoms with Gasteiger partial charge in [0.25, 0.3) is 5.89 Å². The van der Waals surface area contributed by atoms with Crippen molar-refractivity contribution in [1.82, 2.24) is 10.2 Å². The summed E-state index contributed by atoms with van der Waals surface area (Å²) in [5, 5.41) is 17.5. The minimum absolute atomic E-state index is 0.207. The zero-order chi connectivity index (χ0) is 21.8. The van der Waals surface area contributed by atoms with Gasteiger partial charge >= 0.3 is 5.97 Å². The van der Waals surface area contributed by atoms with E-state index < -0.39 is 12.1 Å². The van der Waals surface area contributed by atoms with Crippen molar-refractivity contribution in [1.29, 1.82) is 5.26 Å². The predicted molar refractivity (Wildman–Crippen MR) is 115 cm³/mol. The number of esters is 1. The molecule has 0 fully saturated rings. The zero-order valence-corrected chi connectivity index (χ0v) is 17.1. The first-order valence-electron chi connectivity index (χ1n) is 9.77. The molecule has 0 bridgehead atoms. The number of carbonyl (C=O) groups is 1. The predicted octanol–water partition coefficient (Wildman–Crippen LogP) is 5.50. The molecule has 0 aliphatic rings. The van der Waals surface area contributed by atoms with Crippen LogP contribution in [0.3, 0.4) is 0 Å². The lowest BCUT2D eigenvalue weighted by molar-refractivity contribution is 0.0281. The van der Waals surface area contributed by atoms with Crippen LogP contribution < -0.4 is 0 Å². The van der Waals surface area contributed by atoms with E-state index in [1.165, 1.54) is 0 Å². The highest BCUT2D eigenvalue weighted by molar-refractivity contribution is 5.98. The average Bonchev–Trinajstić information content (AvgIpc) is 3.30. The Morgan fingerprint density at radius 3 is 2.39 bits per heavy atom. The maximum Gasteiger partial charge on any atom is 0.339 e. The lowest BCUT2D eigenvalue weighted by Gasteiger charge is -2.13. The number of hydrogen-bond acceptors (Lipinski definition) is 6. The lowest BCUT2D eigenvalue weighted by atomic mass is 9.96. The van der Waals surface area contributed by atoms with Crippen LogP contribution in [0.5, 0.6) is 0 Å². The van der Waals surface area contributed by atoms with Crippen molar-refractivity contribution in [3.63, 3.8) is 0 Å². The minimum Gasteiger partial charge on any atom is -0.449 e. The molecule has 0 aliphatic heterocycles. The van der Waals surface area contributed by atoms with Gasteiger partial charge in [-0.2, -0.15) is 5.26 Å². The van der Waals surface area contributed by atoms with Crippen molar-refractivity contribution in [3.05, 3.63) is 95.4 Å². The Morgan fingerprint density at radius 1 is 0.968 bits per heavy atom. The van der Waals surface area contributed by atoms with Gasteiger partial charge in [0.2, 0.25) is 5.89 Å². The van der Waals surface area contributed by atoms with Gasteiger partial charge in [-0.15, -0.1) is 10.2 Å². The van der Waals surface area contributed by atoms with Gasteiger partial charge in [-0.25, -0.2) is 4.79 Å². The zero-order valence-electron chi connectivity index (χ0n) is 17.1.